The highest BCUT2D eigenvalue weighted by Gasteiger charge is 2.28. The molecule has 2 atom stereocenters. The fourth-order valence-electron chi connectivity index (χ4n) is 3.51. The van der Waals surface area contributed by atoms with Crippen LogP contribution in [0.1, 0.15) is 41.6 Å². The minimum Gasteiger partial charge on any atom is -0.492 e. The Kier molecular flexibility index (Phi) is 3.45. The van der Waals surface area contributed by atoms with E-state index in [0.717, 1.165) is 29.9 Å². The van der Waals surface area contributed by atoms with Crippen LogP contribution in [0.3, 0.4) is 0 Å². The summed E-state index contributed by atoms with van der Waals surface area (Å²) in [7, 11) is 0. The van der Waals surface area contributed by atoms with E-state index in [-0.39, 0.29) is 18.4 Å². The molecule has 4 rings (SSSR count). The van der Waals surface area contributed by atoms with E-state index in [1.165, 1.54) is 11.1 Å². The van der Waals surface area contributed by atoms with E-state index in [0.29, 0.717) is 6.61 Å². The summed E-state index contributed by atoms with van der Waals surface area (Å²) < 4.78 is 11.8. The maximum absolute atomic E-state index is 10.9. The fraction of sp³-hybridized carbons (Fsp3) is 0.316. The van der Waals surface area contributed by atoms with Gasteiger partial charge < -0.3 is 14.6 Å². The van der Waals surface area contributed by atoms with Gasteiger partial charge in [-0.2, -0.15) is 0 Å². The predicted molar refractivity (Wildman–Crippen MR) is 85.1 cm³/mol. The highest BCUT2D eigenvalue weighted by atomic mass is 16.5. The molecule has 1 unspecified atom stereocenters. The third kappa shape index (κ3) is 2.65. The Bertz CT molecular complexity index is 753. The average molecular weight is 310 g/mol. The zero-order valence-corrected chi connectivity index (χ0v) is 12.7. The number of carboxylic acids is 1. The van der Waals surface area contributed by atoms with E-state index in [1.54, 1.807) is 0 Å². The van der Waals surface area contributed by atoms with Gasteiger partial charge in [0.15, 0.2) is 0 Å². The van der Waals surface area contributed by atoms with Crippen LogP contribution in [-0.2, 0) is 11.2 Å². The molecule has 1 aliphatic carbocycles. The monoisotopic (exact) mass is 310 g/mol. The summed E-state index contributed by atoms with van der Waals surface area (Å²) in [5.74, 6) is 0.666. The van der Waals surface area contributed by atoms with Crippen LogP contribution in [0.5, 0.6) is 11.5 Å². The summed E-state index contributed by atoms with van der Waals surface area (Å²) in [6, 6.07) is 14.1. The van der Waals surface area contributed by atoms with Gasteiger partial charge in [0.2, 0.25) is 0 Å². The molecule has 0 radical (unpaired) electrons. The molecular weight excluding hydrogens is 292 g/mol. The molecule has 0 fully saturated rings. The molecule has 2 aromatic carbocycles. The molecule has 118 valence electrons. The number of ether oxygens (including phenoxy) is 2. The van der Waals surface area contributed by atoms with Crippen LogP contribution < -0.4 is 9.47 Å². The summed E-state index contributed by atoms with van der Waals surface area (Å²) in [4.78, 5) is 10.9. The van der Waals surface area contributed by atoms with Crippen LogP contribution in [0, 0.1) is 0 Å². The number of hydrogen-bond donors (Lipinski definition) is 1. The van der Waals surface area contributed by atoms with Crippen LogP contribution in [0.25, 0.3) is 0 Å². The number of fused-ring (bicyclic) bond motifs is 2. The van der Waals surface area contributed by atoms with E-state index in [4.69, 9.17) is 14.6 Å². The van der Waals surface area contributed by atoms with E-state index < -0.39 is 5.97 Å². The highest BCUT2D eigenvalue weighted by molar-refractivity contribution is 5.68. The normalized spacial score (nSPS) is 21.4. The van der Waals surface area contributed by atoms with E-state index >= 15 is 0 Å². The van der Waals surface area contributed by atoms with Crippen molar-refractivity contribution in [2.45, 2.75) is 31.3 Å². The van der Waals surface area contributed by atoms with Crippen molar-refractivity contribution in [2.75, 3.05) is 6.61 Å². The quantitative estimate of drug-likeness (QED) is 0.935. The van der Waals surface area contributed by atoms with Crippen LogP contribution in [-0.4, -0.2) is 17.7 Å². The number of carbonyl (C=O) groups is 1. The number of aliphatic carboxylic acids is 1. The zero-order chi connectivity index (χ0) is 15.8. The first-order chi connectivity index (χ1) is 11.2. The maximum atomic E-state index is 10.9. The van der Waals surface area contributed by atoms with Crippen molar-refractivity contribution in [3.8, 4) is 11.5 Å². The summed E-state index contributed by atoms with van der Waals surface area (Å²) in [6.45, 7) is 0.428. The Morgan fingerprint density at radius 2 is 2.09 bits per heavy atom. The molecule has 1 N–H and O–H groups in total. The number of benzene rings is 2. The third-order valence-corrected chi connectivity index (χ3v) is 4.64. The molecule has 1 aliphatic heterocycles. The number of hydrogen-bond acceptors (Lipinski definition) is 3. The van der Waals surface area contributed by atoms with Gasteiger partial charge in [0, 0.05) is 17.5 Å². The number of aryl methyl sites for hydroxylation is 1. The molecule has 0 spiro atoms. The smallest absolute Gasteiger partial charge is 0.304 e. The molecular formula is C19H18O4. The number of carboxylic acid groups (broad SMARTS) is 1. The molecule has 0 bridgehead atoms. The topological polar surface area (TPSA) is 55.8 Å². The molecule has 4 nitrogen and oxygen atoms in total. The lowest BCUT2D eigenvalue weighted by molar-refractivity contribution is -0.137. The lowest BCUT2D eigenvalue weighted by Gasteiger charge is -2.15. The Labute approximate surface area is 134 Å². The van der Waals surface area contributed by atoms with Crippen molar-refractivity contribution in [2.24, 2.45) is 0 Å². The van der Waals surface area contributed by atoms with Crippen molar-refractivity contribution in [3.05, 3.63) is 59.2 Å². The van der Waals surface area contributed by atoms with E-state index in [1.807, 2.05) is 24.3 Å². The minimum atomic E-state index is -0.797. The Morgan fingerprint density at radius 3 is 2.96 bits per heavy atom. The van der Waals surface area contributed by atoms with Crippen molar-refractivity contribution in [3.63, 3.8) is 0 Å². The summed E-state index contributed by atoms with van der Waals surface area (Å²) >= 11 is 0. The van der Waals surface area contributed by atoms with Gasteiger partial charge in [0.25, 0.3) is 0 Å². The molecule has 2 aliphatic rings. The Hall–Kier alpha value is -2.49. The van der Waals surface area contributed by atoms with Gasteiger partial charge in [-0.05, 0) is 30.0 Å². The van der Waals surface area contributed by atoms with Crippen LogP contribution >= 0.6 is 0 Å². The molecule has 2 aromatic rings. The second kappa shape index (κ2) is 5.61. The summed E-state index contributed by atoms with van der Waals surface area (Å²) in [5, 5.41) is 8.96. The van der Waals surface area contributed by atoms with Gasteiger partial charge in [-0.15, -0.1) is 0 Å². The van der Waals surface area contributed by atoms with Crippen molar-refractivity contribution in [1.82, 2.24) is 0 Å². The largest absolute Gasteiger partial charge is 0.492 e. The molecule has 23 heavy (non-hydrogen) atoms. The van der Waals surface area contributed by atoms with Crippen LogP contribution in [0.2, 0.25) is 0 Å². The molecule has 0 saturated carbocycles. The Morgan fingerprint density at radius 1 is 1.22 bits per heavy atom. The SMILES string of the molecule is O=C(O)CC1COc2cc(O[C@H]3CCc4ccccc43)ccc21. The summed E-state index contributed by atoms with van der Waals surface area (Å²) in [6.07, 6.45) is 2.21. The maximum Gasteiger partial charge on any atom is 0.304 e. The van der Waals surface area contributed by atoms with Gasteiger partial charge in [-0.3, -0.25) is 4.79 Å². The Balaban J connectivity index is 1.53. The van der Waals surface area contributed by atoms with Crippen molar-refractivity contribution in [1.29, 1.82) is 0 Å². The second-order valence-electron chi connectivity index (χ2n) is 6.15. The van der Waals surface area contributed by atoms with Crippen molar-refractivity contribution < 1.29 is 19.4 Å². The average Bonchev–Trinajstić information content (AvgIpc) is 3.12. The molecule has 0 amide bonds. The minimum absolute atomic E-state index is 0.0660. The van der Waals surface area contributed by atoms with Crippen LogP contribution in [0.4, 0.5) is 0 Å². The fourth-order valence-corrected chi connectivity index (χ4v) is 3.51. The first-order valence-corrected chi connectivity index (χ1v) is 7.93. The standard InChI is InChI=1S/C19H18O4/c20-19(21)9-13-11-22-18-10-14(6-7-16(13)18)23-17-8-5-12-3-1-2-4-15(12)17/h1-4,6-7,10,13,17H,5,8-9,11H2,(H,20,21)/t13?,17-/m0/s1. The highest BCUT2D eigenvalue weighted by Crippen LogP contribution is 2.40. The first-order valence-electron chi connectivity index (χ1n) is 7.93. The first kappa shape index (κ1) is 14.1. The molecule has 4 heteroatoms. The lowest BCUT2D eigenvalue weighted by atomic mass is 9.98. The van der Waals surface area contributed by atoms with Gasteiger partial charge in [-0.25, -0.2) is 0 Å². The van der Waals surface area contributed by atoms with Crippen LogP contribution in [0.15, 0.2) is 42.5 Å². The van der Waals surface area contributed by atoms with E-state index in [2.05, 4.69) is 18.2 Å². The van der Waals surface area contributed by atoms with Gasteiger partial charge in [0.1, 0.15) is 17.6 Å². The summed E-state index contributed by atoms with van der Waals surface area (Å²) in [5.41, 5.74) is 3.58. The second-order valence-corrected chi connectivity index (χ2v) is 6.15. The van der Waals surface area contributed by atoms with Gasteiger partial charge >= 0.3 is 5.97 Å². The van der Waals surface area contributed by atoms with Gasteiger partial charge in [0.05, 0.1) is 13.0 Å². The predicted octanol–water partition coefficient (Wildman–Crippen LogP) is 3.70. The van der Waals surface area contributed by atoms with Gasteiger partial charge in [-0.1, -0.05) is 30.3 Å². The van der Waals surface area contributed by atoms with E-state index in [9.17, 15) is 4.79 Å². The third-order valence-electron chi connectivity index (χ3n) is 4.64. The molecule has 0 aromatic heterocycles. The zero-order valence-electron chi connectivity index (χ0n) is 12.7. The lowest BCUT2D eigenvalue weighted by Crippen LogP contribution is -2.07. The molecule has 0 saturated heterocycles. The van der Waals surface area contributed by atoms with Crippen molar-refractivity contribution >= 4 is 5.97 Å². The number of rotatable bonds is 4. The molecule has 1 heterocycles.